The third-order valence-corrected chi connectivity index (χ3v) is 2.12. The highest BCUT2D eigenvalue weighted by atomic mass is 32.3. The Hall–Kier alpha value is -0.960. The first-order chi connectivity index (χ1) is 7.81. The molecule has 0 aliphatic heterocycles. The maximum Gasteiger partial charge on any atom is 0.399 e. The van der Waals surface area contributed by atoms with E-state index in [1.165, 1.54) is 6.08 Å². The fourth-order valence-corrected chi connectivity index (χ4v) is 1.16. The Labute approximate surface area is 101 Å². The number of rotatable bonds is 8. The summed E-state index contributed by atoms with van der Waals surface area (Å²) in [6.45, 7) is 0.345. The minimum Gasteiger partial charge on any atom is -0.328 e. The number of nitrogens with zero attached hydrogens (tertiary/aromatic N) is 1. The van der Waals surface area contributed by atoms with Crippen LogP contribution in [-0.2, 0) is 19.4 Å². The van der Waals surface area contributed by atoms with E-state index in [2.05, 4.69) is 9.50 Å². The van der Waals surface area contributed by atoms with Crippen molar-refractivity contribution in [1.29, 1.82) is 0 Å². The van der Waals surface area contributed by atoms with Gasteiger partial charge in [0.05, 0.1) is 0 Å². The average molecular weight is 266 g/mol. The van der Waals surface area contributed by atoms with Crippen molar-refractivity contribution in [3.63, 3.8) is 0 Å². The van der Waals surface area contributed by atoms with Crippen LogP contribution in [0.15, 0.2) is 12.2 Å². The molecule has 0 fully saturated rings. The third-order valence-electron chi connectivity index (χ3n) is 1.70. The number of nitrogens with one attached hydrogen (secondary N) is 1. The highest BCUT2D eigenvalue weighted by Gasteiger charge is 2.03. The lowest BCUT2D eigenvalue weighted by molar-refractivity contribution is -0.117. The van der Waals surface area contributed by atoms with Gasteiger partial charge < -0.3 is 10.2 Å². The molecule has 8 heteroatoms. The van der Waals surface area contributed by atoms with E-state index in [1.54, 1.807) is 6.08 Å². The molecule has 0 rings (SSSR count). The number of carbonyl (C=O) groups excluding carboxylic acids is 1. The zero-order valence-corrected chi connectivity index (χ0v) is 10.7. The molecule has 0 atom stereocenters. The lowest BCUT2D eigenvalue weighted by atomic mass is 10.3. The first-order valence-corrected chi connectivity index (χ1v) is 6.38. The van der Waals surface area contributed by atoms with E-state index in [4.69, 9.17) is 4.55 Å². The molecule has 0 aromatic rings. The molecule has 0 aliphatic rings. The van der Waals surface area contributed by atoms with Crippen molar-refractivity contribution in [2.75, 3.05) is 27.4 Å². The van der Waals surface area contributed by atoms with Gasteiger partial charge in [-0.15, -0.1) is 0 Å². The van der Waals surface area contributed by atoms with E-state index >= 15 is 0 Å². The average Bonchev–Trinajstić information content (AvgIpc) is 2.14. The van der Waals surface area contributed by atoms with E-state index in [9.17, 15) is 13.2 Å². The molecule has 7 nitrogen and oxygen atoms in total. The Morgan fingerprint density at radius 2 is 2.12 bits per heavy atom. The van der Waals surface area contributed by atoms with Crippen LogP contribution in [0.25, 0.3) is 0 Å². The molecule has 0 aliphatic carbocycles. The van der Waals surface area contributed by atoms with E-state index < -0.39 is 23.0 Å². The molecule has 0 spiro atoms. The molecule has 17 heavy (non-hydrogen) atoms. The smallest absolute Gasteiger partial charge is 0.328 e. The number of carbonyl (C=O) groups is 1. The van der Waals surface area contributed by atoms with Gasteiger partial charge in [-0.3, -0.25) is 9.35 Å². The molecule has 0 saturated carbocycles. The zero-order chi connectivity index (χ0) is 13.3. The molecule has 0 aromatic carbocycles. The van der Waals surface area contributed by atoms with Gasteiger partial charge in [0.15, 0.2) is 0 Å². The molecule has 0 radical (unpaired) electrons. The van der Waals surface area contributed by atoms with Crippen molar-refractivity contribution in [3.8, 4) is 0 Å². The van der Waals surface area contributed by atoms with E-state index in [0.29, 0.717) is 0 Å². The van der Waals surface area contributed by atoms with Crippen LogP contribution in [0.5, 0.6) is 0 Å². The van der Waals surface area contributed by atoms with Crippen LogP contribution in [-0.4, -0.2) is 51.1 Å². The largest absolute Gasteiger partial charge is 0.399 e. The van der Waals surface area contributed by atoms with Crippen LogP contribution in [0.1, 0.15) is 12.8 Å². The first kappa shape index (κ1) is 16.0. The van der Waals surface area contributed by atoms with Gasteiger partial charge in [-0.05, 0) is 39.6 Å². The van der Waals surface area contributed by atoms with Crippen LogP contribution in [0, 0.1) is 0 Å². The molecular formula is C9H18N2O5S. The number of allylic oxidation sites excluding steroid dienone is 1. The standard InChI is InChI=1S/C9H18N2O5S/c1-11(2)7-5-3-4-6-9(12)10-8-16-17(13,14)15/h4,6H,3,5,7-8H2,1-2H3,(H,10,12)(H,13,14,15). The number of amides is 1. The molecule has 0 unspecified atom stereocenters. The van der Waals surface area contributed by atoms with Crippen molar-refractivity contribution in [2.24, 2.45) is 0 Å². The highest BCUT2D eigenvalue weighted by Crippen LogP contribution is 1.92. The summed E-state index contributed by atoms with van der Waals surface area (Å²) >= 11 is 0. The summed E-state index contributed by atoms with van der Waals surface area (Å²) in [6, 6.07) is 0. The quantitative estimate of drug-likeness (QED) is 0.273. The van der Waals surface area contributed by atoms with E-state index in [1.807, 2.05) is 19.0 Å². The molecule has 0 bridgehead atoms. The maximum atomic E-state index is 11.1. The minimum absolute atomic E-state index is 0.474. The second-order valence-electron chi connectivity index (χ2n) is 3.58. The Morgan fingerprint density at radius 1 is 1.47 bits per heavy atom. The van der Waals surface area contributed by atoms with Crippen LogP contribution in [0.2, 0.25) is 0 Å². The SMILES string of the molecule is CN(C)CCCC=CC(=O)NCOS(=O)(=O)O. The van der Waals surface area contributed by atoms with Crippen LogP contribution < -0.4 is 5.32 Å². The van der Waals surface area contributed by atoms with Gasteiger partial charge in [0, 0.05) is 0 Å². The summed E-state index contributed by atoms with van der Waals surface area (Å²) in [7, 11) is -0.580. The van der Waals surface area contributed by atoms with Gasteiger partial charge in [-0.25, -0.2) is 4.18 Å². The molecule has 1 amide bonds. The van der Waals surface area contributed by atoms with Crippen LogP contribution in [0.4, 0.5) is 0 Å². The predicted octanol–water partition coefficient (Wildman–Crippen LogP) is -0.222. The number of unbranched alkanes of at least 4 members (excludes halogenated alkanes) is 1. The van der Waals surface area contributed by atoms with Gasteiger partial charge in [-0.1, -0.05) is 6.08 Å². The van der Waals surface area contributed by atoms with Gasteiger partial charge in [-0.2, -0.15) is 8.42 Å². The summed E-state index contributed by atoms with van der Waals surface area (Å²) in [5.41, 5.74) is 0. The molecule has 2 N–H and O–H groups in total. The fraction of sp³-hybridized carbons (Fsp3) is 0.667. The Balaban J connectivity index is 3.61. The van der Waals surface area contributed by atoms with E-state index in [-0.39, 0.29) is 0 Å². The fourth-order valence-electron chi connectivity index (χ4n) is 0.950. The lowest BCUT2D eigenvalue weighted by Gasteiger charge is -2.06. The summed E-state index contributed by atoms with van der Waals surface area (Å²) in [6.07, 6.45) is 4.67. The molecule has 0 saturated heterocycles. The summed E-state index contributed by atoms with van der Waals surface area (Å²) in [4.78, 5) is 13.1. The number of hydrogen-bond acceptors (Lipinski definition) is 5. The second-order valence-corrected chi connectivity index (χ2v) is 4.67. The van der Waals surface area contributed by atoms with Crippen molar-refractivity contribution in [1.82, 2.24) is 10.2 Å². The summed E-state index contributed by atoms with van der Waals surface area (Å²) < 4.78 is 32.4. The first-order valence-electron chi connectivity index (χ1n) is 5.02. The van der Waals surface area contributed by atoms with Crippen LogP contribution in [0.3, 0.4) is 0 Å². The normalized spacial score (nSPS) is 12.2. The topological polar surface area (TPSA) is 95.9 Å². The Bertz CT molecular complexity index is 350. The van der Waals surface area contributed by atoms with Gasteiger partial charge in [0.25, 0.3) is 0 Å². The van der Waals surface area contributed by atoms with Gasteiger partial charge >= 0.3 is 10.4 Å². The highest BCUT2D eigenvalue weighted by molar-refractivity contribution is 7.80. The van der Waals surface area contributed by atoms with Crippen molar-refractivity contribution < 1.29 is 21.9 Å². The number of hydrogen-bond donors (Lipinski definition) is 2. The molecular weight excluding hydrogens is 248 g/mol. The maximum absolute atomic E-state index is 11.1. The van der Waals surface area contributed by atoms with Crippen molar-refractivity contribution in [2.45, 2.75) is 12.8 Å². The lowest BCUT2D eigenvalue weighted by Crippen LogP contribution is -2.25. The predicted molar refractivity (Wildman–Crippen MR) is 62.6 cm³/mol. The van der Waals surface area contributed by atoms with Crippen LogP contribution >= 0.6 is 0 Å². The Morgan fingerprint density at radius 3 is 2.65 bits per heavy atom. The monoisotopic (exact) mass is 266 g/mol. The third kappa shape index (κ3) is 13.0. The minimum atomic E-state index is -4.50. The summed E-state index contributed by atoms with van der Waals surface area (Å²) in [5.74, 6) is -0.474. The van der Waals surface area contributed by atoms with Crippen molar-refractivity contribution >= 4 is 16.3 Å². The molecule has 0 aromatic heterocycles. The molecule has 0 heterocycles. The summed E-state index contributed by atoms with van der Waals surface area (Å²) in [5, 5.41) is 2.14. The molecule has 100 valence electrons. The van der Waals surface area contributed by atoms with E-state index in [0.717, 1.165) is 19.4 Å². The van der Waals surface area contributed by atoms with Gasteiger partial charge in [0.1, 0.15) is 6.73 Å². The van der Waals surface area contributed by atoms with Crippen molar-refractivity contribution in [3.05, 3.63) is 12.2 Å². The zero-order valence-electron chi connectivity index (χ0n) is 9.92. The van der Waals surface area contributed by atoms with Gasteiger partial charge in [0.2, 0.25) is 5.91 Å². The second kappa shape index (κ2) is 8.18. The Kier molecular flexibility index (Phi) is 7.72.